The van der Waals surface area contributed by atoms with Crippen molar-refractivity contribution in [2.75, 3.05) is 6.79 Å². The van der Waals surface area contributed by atoms with Gasteiger partial charge in [0.25, 0.3) is 0 Å². The normalized spacial score (nSPS) is 39.5. The topological polar surface area (TPSA) is 18.5 Å². The second kappa shape index (κ2) is 3.45. The zero-order valence-corrected chi connectivity index (χ0v) is 6.59. The van der Waals surface area contributed by atoms with Crippen LogP contribution in [0.1, 0.15) is 13.8 Å². The van der Waals surface area contributed by atoms with Crippen molar-refractivity contribution in [1.29, 1.82) is 0 Å². The highest BCUT2D eigenvalue weighted by Gasteiger charge is 2.36. The molecule has 66 valence electrons. The Kier molecular flexibility index (Phi) is 2.78. The molecule has 4 heteroatoms. The molecule has 11 heavy (non-hydrogen) atoms. The van der Waals surface area contributed by atoms with Gasteiger partial charge in [0.05, 0.1) is 18.1 Å². The maximum absolute atomic E-state index is 12.3. The lowest BCUT2D eigenvalue weighted by molar-refractivity contribution is -0.222. The van der Waals surface area contributed by atoms with Crippen LogP contribution in [0.5, 0.6) is 0 Å². The Balaban J connectivity index is 2.55. The molecular formula is C7H12F2O2. The predicted octanol–water partition coefficient (Wildman–Crippen LogP) is 1.65. The molecule has 0 aromatic heterocycles. The third kappa shape index (κ3) is 1.87. The van der Waals surface area contributed by atoms with Crippen LogP contribution < -0.4 is 0 Å². The molecule has 1 saturated heterocycles. The highest BCUT2D eigenvalue weighted by molar-refractivity contribution is 4.76. The smallest absolute Gasteiger partial charge is 0.246 e. The maximum atomic E-state index is 12.3. The fraction of sp³-hybridized carbons (Fsp3) is 1.00. The van der Waals surface area contributed by atoms with Crippen LogP contribution in [0.4, 0.5) is 8.78 Å². The molecule has 0 aliphatic carbocycles. The molecule has 2 atom stereocenters. The molecule has 0 bridgehead atoms. The van der Waals surface area contributed by atoms with E-state index in [0.29, 0.717) is 0 Å². The Morgan fingerprint density at radius 3 is 1.91 bits per heavy atom. The lowest BCUT2D eigenvalue weighted by atomic mass is 9.98. The summed E-state index contributed by atoms with van der Waals surface area (Å²) in [7, 11) is 0. The van der Waals surface area contributed by atoms with E-state index in [1.165, 1.54) is 0 Å². The Bertz CT molecular complexity index is 120. The molecule has 1 heterocycles. The summed E-state index contributed by atoms with van der Waals surface area (Å²) in [6.07, 6.45) is -3.17. The molecule has 1 fully saturated rings. The molecule has 2 unspecified atom stereocenters. The van der Waals surface area contributed by atoms with E-state index in [1.54, 1.807) is 13.8 Å². The van der Waals surface area contributed by atoms with E-state index in [2.05, 4.69) is 0 Å². The van der Waals surface area contributed by atoms with Gasteiger partial charge < -0.3 is 9.47 Å². The van der Waals surface area contributed by atoms with Gasteiger partial charge >= 0.3 is 0 Å². The number of alkyl halides is 2. The Morgan fingerprint density at radius 1 is 1.18 bits per heavy atom. The van der Waals surface area contributed by atoms with E-state index in [1.807, 2.05) is 0 Å². The largest absolute Gasteiger partial charge is 0.352 e. The fourth-order valence-corrected chi connectivity index (χ4v) is 1.27. The van der Waals surface area contributed by atoms with Gasteiger partial charge in [0.1, 0.15) is 6.79 Å². The molecule has 1 aliphatic rings. The minimum Gasteiger partial charge on any atom is -0.352 e. The summed E-state index contributed by atoms with van der Waals surface area (Å²) in [5, 5.41) is 0. The first-order valence-electron chi connectivity index (χ1n) is 3.64. The van der Waals surface area contributed by atoms with Crippen LogP contribution >= 0.6 is 0 Å². The van der Waals surface area contributed by atoms with E-state index in [9.17, 15) is 8.78 Å². The van der Waals surface area contributed by atoms with Gasteiger partial charge in [-0.2, -0.15) is 0 Å². The van der Waals surface area contributed by atoms with Crippen molar-refractivity contribution in [3.63, 3.8) is 0 Å². The molecule has 1 aliphatic heterocycles. The van der Waals surface area contributed by atoms with Gasteiger partial charge in [0.2, 0.25) is 6.43 Å². The van der Waals surface area contributed by atoms with Crippen molar-refractivity contribution in [2.45, 2.75) is 32.5 Å². The molecule has 0 aromatic carbocycles. The summed E-state index contributed by atoms with van der Waals surface area (Å²) in [5.41, 5.74) is 0. The molecule has 0 radical (unpaired) electrons. The number of hydrogen-bond donors (Lipinski definition) is 0. The SMILES string of the molecule is CC1OCOC(C)C1C(F)F. The zero-order chi connectivity index (χ0) is 8.43. The number of rotatable bonds is 1. The van der Waals surface area contributed by atoms with Crippen molar-refractivity contribution in [3.05, 3.63) is 0 Å². The molecule has 0 saturated carbocycles. The first-order chi connectivity index (χ1) is 5.13. The lowest BCUT2D eigenvalue weighted by Gasteiger charge is -2.33. The highest BCUT2D eigenvalue weighted by Crippen LogP contribution is 2.26. The average Bonchev–Trinajstić information content (AvgIpc) is 1.85. The van der Waals surface area contributed by atoms with E-state index in [0.717, 1.165) is 0 Å². The summed E-state index contributed by atoms with van der Waals surface area (Å²) in [4.78, 5) is 0. The number of halogens is 2. The van der Waals surface area contributed by atoms with Gasteiger partial charge in [-0.25, -0.2) is 8.78 Å². The molecular weight excluding hydrogens is 154 g/mol. The first kappa shape index (κ1) is 8.87. The van der Waals surface area contributed by atoms with Gasteiger partial charge in [-0.05, 0) is 13.8 Å². The van der Waals surface area contributed by atoms with Crippen molar-refractivity contribution in [2.24, 2.45) is 5.92 Å². The summed E-state index contributed by atoms with van der Waals surface area (Å²) in [5.74, 6) is -0.788. The standard InChI is InChI=1S/C7H12F2O2/c1-4-6(7(8)9)5(2)11-3-10-4/h4-7H,3H2,1-2H3. The van der Waals surface area contributed by atoms with Gasteiger partial charge in [0, 0.05) is 0 Å². The second-order valence-electron chi connectivity index (χ2n) is 2.77. The Morgan fingerprint density at radius 2 is 1.64 bits per heavy atom. The molecule has 0 amide bonds. The molecule has 0 aromatic rings. The Hall–Kier alpha value is -0.220. The van der Waals surface area contributed by atoms with E-state index in [4.69, 9.17) is 9.47 Å². The molecule has 0 N–H and O–H groups in total. The summed E-state index contributed by atoms with van der Waals surface area (Å²) < 4.78 is 34.4. The van der Waals surface area contributed by atoms with Crippen molar-refractivity contribution >= 4 is 0 Å². The Labute approximate surface area is 64.5 Å². The van der Waals surface area contributed by atoms with Crippen LogP contribution in [-0.4, -0.2) is 25.4 Å². The van der Waals surface area contributed by atoms with Crippen LogP contribution in [0.2, 0.25) is 0 Å². The summed E-state index contributed by atoms with van der Waals surface area (Å²) in [6, 6.07) is 0. The third-order valence-corrected chi connectivity index (χ3v) is 2.04. The minimum atomic E-state index is -2.36. The molecule has 2 nitrogen and oxygen atoms in total. The van der Waals surface area contributed by atoms with Crippen LogP contribution in [-0.2, 0) is 9.47 Å². The number of hydrogen-bond acceptors (Lipinski definition) is 2. The summed E-state index contributed by atoms with van der Waals surface area (Å²) in [6.45, 7) is 3.43. The van der Waals surface area contributed by atoms with Gasteiger partial charge in [-0.3, -0.25) is 0 Å². The predicted molar refractivity (Wildman–Crippen MR) is 35.5 cm³/mol. The van der Waals surface area contributed by atoms with Crippen LogP contribution in [0.3, 0.4) is 0 Å². The summed E-state index contributed by atoms with van der Waals surface area (Å²) >= 11 is 0. The monoisotopic (exact) mass is 166 g/mol. The highest BCUT2D eigenvalue weighted by atomic mass is 19.3. The third-order valence-electron chi connectivity index (χ3n) is 2.04. The van der Waals surface area contributed by atoms with Crippen molar-refractivity contribution in [3.8, 4) is 0 Å². The van der Waals surface area contributed by atoms with Gasteiger partial charge in [-0.1, -0.05) is 0 Å². The average molecular weight is 166 g/mol. The van der Waals surface area contributed by atoms with Crippen LogP contribution in [0.25, 0.3) is 0 Å². The van der Waals surface area contributed by atoms with E-state index in [-0.39, 0.29) is 6.79 Å². The van der Waals surface area contributed by atoms with Gasteiger partial charge in [0.15, 0.2) is 0 Å². The quantitative estimate of drug-likeness (QED) is 0.589. The van der Waals surface area contributed by atoms with Crippen LogP contribution in [0.15, 0.2) is 0 Å². The zero-order valence-electron chi connectivity index (χ0n) is 6.59. The fourth-order valence-electron chi connectivity index (χ4n) is 1.27. The van der Waals surface area contributed by atoms with E-state index >= 15 is 0 Å². The van der Waals surface area contributed by atoms with E-state index < -0.39 is 24.6 Å². The molecule has 1 rings (SSSR count). The van der Waals surface area contributed by atoms with Gasteiger partial charge in [-0.15, -0.1) is 0 Å². The van der Waals surface area contributed by atoms with Crippen molar-refractivity contribution < 1.29 is 18.3 Å². The minimum absolute atomic E-state index is 0.131. The lowest BCUT2D eigenvalue weighted by Crippen LogP contribution is -2.42. The van der Waals surface area contributed by atoms with Crippen LogP contribution in [0, 0.1) is 5.92 Å². The second-order valence-corrected chi connectivity index (χ2v) is 2.77. The maximum Gasteiger partial charge on any atom is 0.246 e. The molecule has 0 spiro atoms. The van der Waals surface area contributed by atoms with Crippen molar-refractivity contribution in [1.82, 2.24) is 0 Å². The number of ether oxygens (including phenoxy) is 2. The first-order valence-corrected chi connectivity index (χ1v) is 3.64.